The Balaban J connectivity index is 1.72. The van der Waals surface area contributed by atoms with Crippen molar-refractivity contribution in [2.75, 3.05) is 5.32 Å². The van der Waals surface area contributed by atoms with E-state index in [9.17, 15) is 4.79 Å². The molecule has 0 saturated heterocycles. The van der Waals surface area contributed by atoms with Gasteiger partial charge in [0.05, 0.1) is 22.1 Å². The molecule has 4 aromatic rings. The number of hydrogen-bond donors (Lipinski definition) is 1. The van der Waals surface area contributed by atoms with E-state index in [0.717, 1.165) is 15.2 Å². The zero-order chi connectivity index (χ0) is 14.2. The SMILES string of the molecule is O=C(Nc1cccnc1)c1cn2c(n1)sc1ccccc12. The van der Waals surface area contributed by atoms with Crippen molar-refractivity contribution < 1.29 is 4.79 Å². The number of para-hydroxylation sites is 1. The highest BCUT2D eigenvalue weighted by Crippen LogP contribution is 2.26. The van der Waals surface area contributed by atoms with Crippen LogP contribution in [-0.2, 0) is 0 Å². The second-order valence-corrected chi connectivity index (χ2v) is 5.55. The first-order chi connectivity index (χ1) is 10.3. The van der Waals surface area contributed by atoms with E-state index in [4.69, 9.17) is 0 Å². The van der Waals surface area contributed by atoms with Crippen LogP contribution in [0.2, 0.25) is 0 Å². The van der Waals surface area contributed by atoms with Crippen LogP contribution in [0.25, 0.3) is 15.2 Å². The van der Waals surface area contributed by atoms with Gasteiger partial charge in [-0.2, -0.15) is 0 Å². The lowest BCUT2D eigenvalue weighted by Gasteiger charge is -2.00. The van der Waals surface area contributed by atoms with Crippen LogP contribution >= 0.6 is 11.3 Å². The lowest BCUT2D eigenvalue weighted by Crippen LogP contribution is -2.12. The molecule has 102 valence electrons. The van der Waals surface area contributed by atoms with E-state index in [-0.39, 0.29) is 5.91 Å². The molecule has 0 aliphatic rings. The third kappa shape index (κ3) is 2.05. The summed E-state index contributed by atoms with van der Waals surface area (Å²) in [7, 11) is 0. The van der Waals surface area contributed by atoms with Gasteiger partial charge < -0.3 is 5.32 Å². The van der Waals surface area contributed by atoms with Crippen LogP contribution in [0.3, 0.4) is 0 Å². The molecule has 0 unspecified atom stereocenters. The van der Waals surface area contributed by atoms with Gasteiger partial charge >= 0.3 is 0 Å². The Morgan fingerprint density at radius 2 is 2.10 bits per heavy atom. The zero-order valence-corrected chi connectivity index (χ0v) is 11.7. The second-order valence-electron chi connectivity index (χ2n) is 4.54. The molecule has 0 spiro atoms. The summed E-state index contributed by atoms with van der Waals surface area (Å²) in [6.07, 6.45) is 5.03. The number of imidazole rings is 1. The largest absolute Gasteiger partial charge is 0.319 e. The van der Waals surface area contributed by atoms with E-state index in [0.29, 0.717) is 11.4 Å². The maximum Gasteiger partial charge on any atom is 0.275 e. The number of benzene rings is 1. The molecule has 1 amide bonds. The zero-order valence-electron chi connectivity index (χ0n) is 10.9. The summed E-state index contributed by atoms with van der Waals surface area (Å²) in [6.45, 7) is 0. The smallest absolute Gasteiger partial charge is 0.275 e. The lowest BCUT2D eigenvalue weighted by atomic mass is 10.3. The molecule has 3 heterocycles. The van der Waals surface area contributed by atoms with E-state index in [2.05, 4.69) is 15.3 Å². The van der Waals surface area contributed by atoms with Gasteiger partial charge in [-0.1, -0.05) is 23.5 Å². The summed E-state index contributed by atoms with van der Waals surface area (Å²) < 4.78 is 3.09. The highest BCUT2D eigenvalue weighted by atomic mass is 32.1. The number of pyridine rings is 1. The molecule has 6 heteroatoms. The lowest BCUT2D eigenvalue weighted by molar-refractivity contribution is 0.102. The molecule has 3 aromatic heterocycles. The van der Waals surface area contributed by atoms with Crippen molar-refractivity contribution in [2.24, 2.45) is 0 Å². The van der Waals surface area contributed by atoms with Crippen molar-refractivity contribution in [3.05, 3.63) is 60.7 Å². The quantitative estimate of drug-likeness (QED) is 0.617. The Labute approximate surface area is 123 Å². The van der Waals surface area contributed by atoms with Crippen LogP contribution in [0.5, 0.6) is 0 Å². The first-order valence-corrected chi connectivity index (χ1v) is 7.21. The monoisotopic (exact) mass is 294 g/mol. The van der Waals surface area contributed by atoms with Crippen LogP contribution in [0, 0.1) is 0 Å². The number of nitrogens with zero attached hydrogens (tertiary/aromatic N) is 3. The summed E-state index contributed by atoms with van der Waals surface area (Å²) in [6, 6.07) is 11.6. The van der Waals surface area contributed by atoms with Gasteiger partial charge in [-0.05, 0) is 24.3 Å². The summed E-state index contributed by atoms with van der Waals surface area (Å²) in [5.74, 6) is -0.233. The fourth-order valence-electron chi connectivity index (χ4n) is 2.19. The molecule has 0 saturated carbocycles. The first kappa shape index (κ1) is 12.0. The maximum absolute atomic E-state index is 12.2. The minimum atomic E-state index is -0.233. The van der Waals surface area contributed by atoms with Gasteiger partial charge in [-0.15, -0.1) is 0 Å². The third-order valence-corrected chi connectivity index (χ3v) is 4.19. The highest BCUT2D eigenvalue weighted by molar-refractivity contribution is 7.23. The number of carbonyl (C=O) groups is 1. The van der Waals surface area contributed by atoms with E-state index >= 15 is 0 Å². The van der Waals surface area contributed by atoms with Crippen LogP contribution in [-0.4, -0.2) is 20.3 Å². The number of thiazole rings is 1. The topological polar surface area (TPSA) is 59.3 Å². The third-order valence-electron chi connectivity index (χ3n) is 3.15. The first-order valence-electron chi connectivity index (χ1n) is 6.39. The standard InChI is InChI=1S/C15H10N4OS/c20-14(17-10-4-3-7-16-8-10)11-9-19-12-5-1-2-6-13(12)21-15(19)18-11/h1-9H,(H,17,20). The minimum Gasteiger partial charge on any atom is -0.319 e. The van der Waals surface area contributed by atoms with Gasteiger partial charge in [0.1, 0.15) is 5.69 Å². The van der Waals surface area contributed by atoms with Crippen molar-refractivity contribution >= 4 is 38.1 Å². The van der Waals surface area contributed by atoms with Crippen LogP contribution < -0.4 is 5.32 Å². The number of rotatable bonds is 2. The summed E-state index contributed by atoms with van der Waals surface area (Å²) in [5, 5.41) is 2.78. The molecular weight excluding hydrogens is 284 g/mol. The number of nitrogens with one attached hydrogen (secondary N) is 1. The number of carbonyl (C=O) groups excluding carboxylic acids is 1. The van der Waals surface area contributed by atoms with Crippen LogP contribution in [0.15, 0.2) is 55.0 Å². The van der Waals surface area contributed by atoms with Crippen molar-refractivity contribution in [2.45, 2.75) is 0 Å². The van der Waals surface area contributed by atoms with Gasteiger partial charge in [0.15, 0.2) is 4.96 Å². The Morgan fingerprint density at radius 3 is 2.95 bits per heavy atom. The van der Waals surface area contributed by atoms with Gasteiger partial charge in [0.2, 0.25) is 0 Å². The molecule has 21 heavy (non-hydrogen) atoms. The number of anilines is 1. The second kappa shape index (κ2) is 4.68. The molecule has 0 radical (unpaired) electrons. The predicted molar refractivity (Wildman–Crippen MR) is 82.8 cm³/mol. The molecule has 0 bridgehead atoms. The van der Waals surface area contributed by atoms with E-state index < -0.39 is 0 Å². The molecular formula is C15H10N4OS. The van der Waals surface area contributed by atoms with Gasteiger partial charge in [0.25, 0.3) is 5.91 Å². The van der Waals surface area contributed by atoms with E-state index in [1.807, 2.05) is 28.7 Å². The average molecular weight is 294 g/mol. The van der Waals surface area contributed by atoms with Crippen molar-refractivity contribution in [1.29, 1.82) is 0 Å². The van der Waals surface area contributed by atoms with Gasteiger partial charge in [0, 0.05) is 12.4 Å². The van der Waals surface area contributed by atoms with Crippen molar-refractivity contribution in [3.8, 4) is 0 Å². The van der Waals surface area contributed by atoms with E-state index in [1.165, 1.54) is 0 Å². The highest BCUT2D eigenvalue weighted by Gasteiger charge is 2.14. The number of amides is 1. The molecule has 0 aliphatic carbocycles. The number of hydrogen-bond acceptors (Lipinski definition) is 4. The maximum atomic E-state index is 12.2. The average Bonchev–Trinajstić information content (AvgIpc) is 3.06. The fraction of sp³-hybridized carbons (Fsp3) is 0. The van der Waals surface area contributed by atoms with Gasteiger partial charge in [-0.25, -0.2) is 4.98 Å². The Bertz CT molecular complexity index is 942. The van der Waals surface area contributed by atoms with Crippen LogP contribution in [0.1, 0.15) is 10.5 Å². The van der Waals surface area contributed by atoms with Gasteiger partial charge in [-0.3, -0.25) is 14.2 Å². The summed E-state index contributed by atoms with van der Waals surface area (Å²) >= 11 is 1.57. The molecule has 0 fully saturated rings. The van der Waals surface area contributed by atoms with Crippen molar-refractivity contribution in [1.82, 2.24) is 14.4 Å². The van der Waals surface area contributed by atoms with E-state index in [1.54, 1.807) is 42.1 Å². The number of aromatic nitrogens is 3. The number of fused-ring (bicyclic) bond motifs is 3. The summed E-state index contributed by atoms with van der Waals surface area (Å²) in [4.78, 5) is 21.4. The molecule has 5 nitrogen and oxygen atoms in total. The fourth-order valence-corrected chi connectivity index (χ4v) is 3.20. The Morgan fingerprint density at radius 1 is 1.19 bits per heavy atom. The predicted octanol–water partition coefficient (Wildman–Crippen LogP) is 3.20. The Kier molecular flexibility index (Phi) is 2.68. The molecule has 1 aromatic carbocycles. The molecule has 4 rings (SSSR count). The van der Waals surface area contributed by atoms with Crippen LogP contribution in [0.4, 0.5) is 5.69 Å². The molecule has 0 atom stereocenters. The molecule has 0 aliphatic heterocycles. The molecule has 1 N–H and O–H groups in total. The normalized spacial score (nSPS) is 11.0. The summed E-state index contributed by atoms with van der Waals surface area (Å²) in [5.41, 5.74) is 2.12. The van der Waals surface area contributed by atoms with Crippen molar-refractivity contribution in [3.63, 3.8) is 0 Å². The minimum absolute atomic E-state index is 0.233. The Hall–Kier alpha value is -2.73.